The van der Waals surface area contributed by atoms with E-state index in [1.54, 1.807) is 12.0 Å². The van der Waals surface area contributed by atoms with E-state index in [2.05, 4.69) is 34.9 Å². The summed E-state index contributed by atoms with van der Waals surface area (Å²) < 4.78 is 4.67. The van der Waals surface area contributed by atoms with E-state index in [9.17, 15) is 0 Å². The summed E-state index contributed by atoms with van der Waals surface area (Å²) in [5.74, 6) is 0. The molecule has 4 nitrogen and oxygen atoms in total. The van der Waals surface area contributed by atoms with Crippen molar-refractivity contribution < 1.29 is 9.84 Å². The predicted octanol–water partition coefficient (Wildman–Crippen LogP) is 0.267. The molecule has 11 heavy (non-hydrogen) atoms. The summed E-state index contributed by atoms with van der Waals surface area (Å²) in [4.78, 5) is 1.73. The van der Waals surface area contributed by atoms with Gasteiger partial charge in [-0.25, -0.2) is 0 Å². The van der Waals surface area contributed by atoms with Gasteiger partial charge >= 0.3 is 0 Å². The molecule has 0 aromatic rings. The van der Waals surface area contributed by atoms with Crippen LogP contribution in [0.15, 0.2) is 0 Å². The molecule has 0 unspecified atom stereocenters. The zero-order valence-electron chi connectivity index (χ0n) is 6.70. The molecule has 0 aromatic heterocycles. The lowest BCUT2D eigenvalue weighted by Crippen LogP contribution is -2.20. The Morgan fingerprint density at radius 3 is 1.73 bits per heavy atom. The number of nitrogens with two attached hydrogens (primary N) is 1. The number of rotatable bonds is 0. The number of aliphatic hydroxyl groups is 1. The van der Waals surface area contributed by atoms with Crippen molar-refractivity contribution in [3.05, 3.63) is 0 Å². The molecule has 66 valence electrons. The molecule has 0 radical (unpaired) electrons. The van der Waals surface area contributed by atoms with Crippen LogP contribution in [0.1, 0.15) is 0 Å². The summed E-state index contributed by atoms with van der Waals surface area (Å²) in [5, 5.41) is 7.58. The lowest BCUT2D eigenvalue weighted by Gasteiger charge is -2.09. The highest BCUT2D eigenvalue weighted by atomic mass is 32.1. The normalized spacial score (nSPS) is 7.18. The van der Waals surface area contributed by atoms with Crippen LogP contribution in [0.2, 0.25) is 0 Å². The lowest BCUT2D eigenvalue weighted by molar-refractivity contribution is 0.346. The molecule has 0 saturated carbocycles. The molecule has 0 aliphatic carbocycles. The number of hydrogen-bond acceptors (Lipinski definition) is 3. The molecule has 0 fully saturated rings. The fraction of sp³-hybridized carbons (Fsp3) is 0.600. The summed E-state index contributed by atoms with van der Waals surface area (Å²) in [6, 6.07) is 0. The maximum atomic E-state index is 7.56. The third-order valence-corrected chi connectivity index (χ3v) is 1.07. The van der Waals surface area contributed by atoms with Crippen molar-refractivity contribution in [3.8, 4) is 0 Å². The van der Waals surface area contributed by atoms with E-state index in [-0.39, 0.29) is 0 Å². The highest BCUT2D eigenvalue weighted by molar-refractivity contribution is 7.80. The molecule has 0 rings (SSSR count). The molecule has 0 saturated heterocycles. The van der Waals surface area contributed by atoms with Gasteiger partial charge in [-0.2, -0.15) is 0 Å². The van der Waals surface area contributed by atoms with E-state index < -0.39 is 5.17 Å². The molecule has 0 aliphatic heterocycles. The number of nitrogens with zero attached hydrogens (tertiary/aromatic N) is 1. The summed E-state index contributed by atoms with van der Waals surface area (Å²) in [7, 11) is 5.24. The number of hydrogen-bond donors (Lipinski definition) is 2. The van der Waals surface area contributed by atoms with Crippen molar-refractivity contribution >= 4 is 34.8 Å². The number of ether oxygens (including phenoxy) is 1. The van der Waals surface area contributed by atoms with Crippen LogP contribution in [0.4, 0.5) is 0 Å². The number of aliphatic hydroxyl groups excluding tert-OH is 1. The maximum Gasteiger partial charge on any atom is 0.258 e. The first-order valence-electron chi connectivity index (χ1n) is 2.65. The lowest BCUT2D eigenvalue weighted by atomic mass is 10.9. The maximum absolute atomic E-state index is 7.56. The minimum absolute atomic E-state index is 0.500. The van der Waals surface area contributed by atoms with Crippen molar-refractivity contribution in [2.24, 2.45) is 5.73 Å². The van der Waals surface area contributed by atoms with Gasteiger partial charge in [-0.05, 0) is 24.4 Å². The quantitative estimate of drug-likeness (QED) is 0.542. The molecule has 0 amide bonds. The minimum Gasteiger partial charge on any atom is -0.487 e. The van der Waals surface area contributed by atoms with E-state index in [1.807, 2.05) is 14.1 Å². The van der Waals surface area contributed by atoms with E-state index >= 15 is 0 Å². The van der Waals surface area contributed by atoms with Crippen molar-refractivity contribution in [2.45, 2.75) is 0 Å². The first-order valence-corrected chi connectivity index (χ1v) is 3.47. The number of methoxy groups -OCH3 is 1. The van der Waals surface area contributed by atoms with E-state index in [4.69, 9.17) is 5.11 Å². The van der Waals surface area contributed by atoms with Crippen molar-refractivity contribution in [1.29, 1.82) is 0 Å². The topological polar surface area (TPSA) is 58.7 Å². The Kier molecular flexibility index (Phi) is 8.85. The Labute approximate surface area is 76.9 Å². The summed E-state index contributed by atoms with van der Waals surface area (Å²) in [5.41, 5.74) is 4.40. The summed E-state index contributed by atoms with van der Waals surface area (Å²) in [6.07, 6.45) is 0. The van der Waals surface area contributed by atoms with Gasteiger partial charge in [0, 0.05) is 14.1 Å². The monoisotopic (exact) mass is 196 g/mol. The Balaban J connectivity index is 0. The first-order chi connectivity index (χ1) is 4.91. The van der Waals surface area contributed by atoms with Gasteiger partial charge in [-0.15, -0.1) is 0 Å². The van der Waals surface area contributed by atoms with Gasteiger partial charge in [0.05, 0.1) is 7.11 Å². The first kappa shape index (κ1) is 13.0. The van der Waals surface area contributed by atoms with Crippen LogP contribution in [0, 0.1) is 0 Å². The van der Waals surface area contributed by atoms with Gasteiger partial charge in [-0.1, -0.05) is 0 Å². The van der Waals surface area contributed by atoms with Crippen LogP contribution in [0.3, 0.4) is 0 Å². The van der Waals surface area contributed by atoms with Crippen LogP contribution in [-0.4, -0.2) is 41.6 Å². The van der Waals surface area contributed by atoms with Crippen LogP contribution in [0.25, 0.3) is 0 Å². The van der Waals surface area contributed by atoms with Crippen LogP contribution in [0.5, 0.6) is 0 Å². The molecular formula is C5H12N2O2S2. The second-order valence-electron chi connectivity index (χ2n) is 1.70. The fourth-order valence-corrected chi connectivity index (χ4v) is 0.183. The Morgan fingerprint density at radius 1 is 1.45 bits per heavy atom. The summed E-state index contributed by atoms with van der Waals surface area (Å²) in [6.45, 7) is 0. The predicted molar refractivity (Wildman–Crippen MR) is 52.7 cm³/mol. The van der Waals surface area contributed by atoms with E-state index in [0.29, 0.717) is 5.17 Å². The third kappa shape index (κ3) is 17.7. The average Bonchev–Trinajstić information content (AvgIpc) is 1.85. The average molecular weight is 196 g/mol. The molecule has 3 N–H and O–H groups in total. The highest BCUT2D eigenvalue weighted by Gasteiger charge is 1.91. The smallest absolute Gasteiger partial charge is 0.258 e. The molecule has 0 aliphatic rings. The third-order valence-electron chi connectivity index (χ3n) is 0.540. The highest BCUT2D eigenvalue weighted by Crippen LogP contribution is 1.80. The van der Waals surface area contributed by atoms with E-state index in [0.717, 1.165) is 0 Å². The SMILES string of the molecule is COC(=S)N(C)C.NC(O)=S. The fourth-order valence-electron chi connectivity index (χ4n) is 0.183. The molecule has 0 spiro atoms. The van der Waals surface area contributed by atoms with E-state index in [1.165, 1.54) is 0 Å². The van der Waals surface area contributed by atoms with Crippen molar-refractivity contribution in [2.75, 3.05) is 21.2 Å². The standard InChI is InChI=1S/C4H9NOS.CH3NOS/c1-5(2)4(7)6-3;2-1(3)4/h1-3H3;(H3,2,3,4). The molecule has 0 aromatic carbocycles. The van der Waals surface area contributed by atoms with Crippen molar-refractivity contribution in [1.82, 2.24) is 4.90 Å². The summed E-state index contributed by atoms with van der Waals surface area (Å²) >= 11 is 8.55. The molecule has 0 heterocycles. The Hall–Kier alpha value is -0.620. The Morgan fingerprint density at radius 2 is 1.73 bits per heavy atom. The van der Waals surface area contributed by atoms with Gasteiger partial charge < -0.3 is 20.5 Å². The molecule has 0 atom stereocenters. The van der Waals surface area contributed by atoms with Gasteiger partial charge in [0.15, 0.2) is 0 Å². The Bertz CT molecular complexity index is 134. The molecular weight excluding hydrogens is 184 g/mol. The molecule has 6 heteroatoms. The second kappa shape index (κ2) is 7.49. The molecule has 0 bridgehead atoms. The zero-order valence-corrected chi connectivity index (χ0v) is 8.33. The minimum atomic E-state index is -0.500. The number of thiocarbonyl (C=S) groups is 2. The second-order valence-corrected chi connectivity index (χ2v) is 2.47. The van der Waals surface area contributed by atoms with Gasteiger partial charge in [-0.3, -0.25) is 0 Å². The van der Waals surface area contributed by atoms with Gasteiger partial charge in [0.2, 0.25) is 0 Å². The largest absolute Gasteiger partial charge is 0.487 e. The zero-order chi connectivity index (χ0) is 9.44. The van der Waals surface area contributed by atoms with Gasteiger partial charge in [0.25, 0.3) is 10.3 Å². The van der Waals surface area contributed by atoms with Crippen LogP contribution >= 0.6 is 24.4 Å². The van der Waals surface area contributed by atoms with Crippen LogP contribution < -0.4 is 5.73 Å². The van der Waals surface area contributed by atoms with Gasteiger partial charge in [0.1, 0.15) is 0 Å². The van der Waals surface area contributed by atoms with Crippen LogP contribution in [-0.2, 0) is 4.74 Å². The van der Waals surface area contributed by atoms with Crippen molar-refractivity contribution in [3.63, 3.8) is 0 Å².